The third kappa shape index (κ3) is 4.22. The standard InChI is InChI=1S/C22H19ClN4O2/c1-14-3-6-16(19-13-27-20(24-19)9-10-22(26-27)29-2)12-18(14)25-21(28)11-15-4-7-17(23)8-5-15/h3-10,12-13H,11H2,1-2H3,(H,25,28). The van der Waals surface area contributed by atoms with Crippen LogP contribution in [0.25, 0.3) is 16.9 Å². The number of halogens is 1. The molecule has 0 aliphatic heterocycles. The molecule has 0 bridgehead atoms. The molecule has 4 rings (SSSR count). The normalized spacial score (nSPS) is 10.9. The largest absolute Gasteiger partial charge is 0.480 e. The van der Waals surface area contributed by atoms with Gasteiger partial charge in [-0.2, -0.15) is 0 Å². The van der Waals surface area contributed by atoms with E-state index in [1.807, 2.05) is 49.5 Å². The van der Waals surface area contributed by atoms with Gasteiger partial charge in [-0.3, -0.25) is 4.79 Å². The summed E-state index contributed by atoms with van der Waals surface area (Å²) in [7, 11) is 1.57. The molecule has 0 spiro atoms. The highest BCUT2D eigenvalue weighted by molar-refractivity contribution is 6.30. The molecule has 0 saturated heterocycles. The number of anilines is 1. The van der Waals surface area contributed by atoms with Gasteiger partial charge in [0.15, 0.2) is 5.65 Å². The second kappa shape index (κ2) is 7.93. The Bertz CT molecular complexity index is 1190. The van der Waals surface area contributed by atoms with Crippen molar-refractivity contribution in [3.63, 3.8) is 0 Å². The van der Waals surface area contributed by atoms with E-state index in [9.17, 15) is 4.79 Å². The van der Waals surface area contributed by atoms with Crippen LogP contribution in [-0.2, 0) is 11.2 Å². The fraction of sp³-hybridized carbons (Fsp3) is 0.136. The summed E-state index contributed by atoms with van der Waals surface area (Å²) < 4.78 is 6.83. The number of rotatable bonds is 5. The highest BCUT2D eigenvalue weighted by Crippen LogP contribution is 2.25. The van der Waals surface area contributed by atoms with Gasteiger partial charge in [0.2, 0.25) is 11.8 Å². The van der Waals surface area contributed by atoms with Crippen molar-refractivity contribution >= 4 is 28.8 Å². The first-order valence-electron chi connectivity index (χ1n) is 9.07. The van der Waals surface area contributed by atoms with Crippen LogP contribution in [0.2, 0.25) is 5.02 Å². The molecule has 0 saturated carbocycles. The molecule has 0 aliphatic rings. The van der Waals surface area contributed by atoms with Gasteiger partial charge >= 0.3 is 0 Å². The smallest absolute Gasteiger partial charge is 0.231 e. The number of benzene rings is 2. The molecule has 7 heteroatoms. The Morgan fingerprint density at radius 2 is 1.93 bits per heavy atom. The van der Waals surface area contributed by atoms with Crippen molar-refractivity contribution in [3.8, 4) is 17.1 Å². The average molecular weight is 407 g/mol. The zero-order valence-corrected chi connectivity index (χ0v) is 16.8. The lowest BCUT2D eigenvalue weighted by atomic mass is 10.1. The molecule has 2 aromatic carbocycles. The number of carbonyl (C=O) groups excluding carboxylic acids is 1. The van der Waals surface area contributed by atoms with Crippen molar-refractivity contribution in [2.45, 2.75) is 13.3 Å². The predicted octanol–water partition coefficient (Wildman–Crippen LogP) is 4.55. The Morgan fingerprint density at radius 1 is 1.14 bits per heavy atom. The summed E-state index contributed by atoms with van der Waals surface area (Å²) in [5.74, 6) is 0.425. The van der Waals surface area contributed by atoms with Gasteiger partial charge in [0, 0.05) is 22.3 Å². The predicted molar refractivity (Wildman–Crippen MR) is 113 cm³/mol. The molecule has 0 aliphatic carbocycles. The minimum atomic E-state index is -0.0889. The van der Waals surface area contributed by atoms with E-state index < -0.39 is 0 Å². The zero-order chi connectivity index (χ0) is 20.4. The van der Waals surface area contributed by atoms with E-state index in [0.717, 1.165) is 33.7 Å². The second-order valence-electron chi connectivity index (χ2n) is 6.69. The monoisotopic (exact) mass is 406 g/mol. The zero-order valence-electron chi connectivity index (χ0n) is 16.0. The topological polar surface area (TPSA) is 68.5 Å². The van der Waals surface area contributed by atoms with Crippen molar-refractivity contribution in [2.24, 2.45) is 0 Å². The molecule has 6 nitrogen and oxygen atoms in total. The number of fused-ring (bicyclic) bond motifs is 1. The van der Waals surface area contributed by atoms with E-state index >= 15 is 0 Å². The average Bonchev–Trinajstić information content (AvgIpc) is 3.14. The molecule has 146 valence electrons. The van der Waals surface area contributed by atoms with Crippen LogP contribution in [0.15, 0.2) is 60.8 Å². The van der Waals surface area contributed by atoms with Gasteiger partial charge in [-0.25, -0.2) is 9.50 Å². The van der Waals surface area contributed by atoms with Crippen LogP contribution >= 0.6 is 11.6 Å². The van der Waals surface area contributed by atoms with E-state index in [4.69, 9.17) is 16.3 Å². The maximum Gasteiger partial charge on any atom is 0.231 e. The molecule has 2 aromatic heterocycles. The fourth-order valence-electron chi connectivity index (χ4n) is 3.01. The fourth-order valence-corrected chi connectivity index (χ4v) is 3.14. The van der Waals surface area contributed by atoms with Crippen LogP contribution in [0, 0.1) is 6.92 Å². The molecule has 0 unspecified atom stereocenters. The Balaban J connectivity index is 1.57. The summed E-state index contributed by atoms with van der Waals surface area (Å²) in [6.45, 7) is 1.96. The van der Waals surface area contributed by atoms with E-state index in [-0.39, 0.29) is 12.3 Å². The lowest BCUT2D eigenvalue weighted by Crippen LogP contribution is -2.15. The molecule has 1 N–H and O–H groups in total. The van der Waals surface area contributed by atoms with Gasteiger partial charge in [0.05, 0.1) is 25.4 Å². The van der Waals surface area contributed by atoms with Gasteiger partial charge in [0.1, 0.15) is 0 Å². The first kappa shape index (κ1) is 19.0. The minimum Gasteiger partial charge on any atom is -0.480 e. The quantitative estimate of drug-likeness (QED) is 0.528. The van der Waals surface area contributed by atoms with E-state index in [1.165, 1.54) is 0 Å². The second-order valence-corrected chi connectivity index (χ2v) is 7.12. The summed E-state index contributed by atoms with van der Waals surface area (Å²) in [6, 6.07) is 16.7. The van der Waals surface area contributed by atoms with Gasteiger partial charge in [0.25, 0.3) is 0 Å². The van der Waals surface area contributed by atoms with Crippen LogP contribution in [0.1, 0.15) is 11.1 Å². The lowest BCUT2D eigenvalue weighted by Gasteiger charge is -2.10. The molecule has 29 heavy (non-hydrogen) atoms. The van der Waals surface area contributed by atoms with Crippen molar-refractivity contribution in [3.05, 3.63) is 76.9 Å². The number of nitrogens with zero attached hydrogens (tertiary/aromatic N) is 3. The van der Waals surface area contributed by atoms with Gasteiger partial charge in [-0.05, 0) is 42.3 Å². The molecule has 0 radical (unpaired) electrons. The van der Waals surface area contributed by atoms with Crippen LogP contribution < -0.4 is 10.1 Å². The van der Waals surface area contributed by atoms with Crippen molar-refractivity contribution in [2.75, 3.05) is 12.4 Å². The van der Waals surface area contributed by atoms with Crippen molar-refractivity contribution in [1.82, 2.24) is 14.6 Å². The maximum atomic E-state index is 12.5. The maximum absolute atomic E-state index is 12.5. The molecule has 4 aromatic rings. The summed E-state index contributed by atoms with van der Waals surface area (Å²) in [6.07, 6.45) is 2.11. The molecular weight excluding hydrogens is 388 g/mol. The van der Waals surface area contributed by atoms with E-state index in [2.05, 4.69) is 15.4 Å². The molecule has 0 atom stereocenters. The number of aromatic nitrogens is 3. The number of amides is 1. The number of aryl methyl sites for hydroxylation is 1. The number of carbonyl (C=O) groups is 1. The summed E-state index contributed by atoms with van der Waals surface area (Å²) in [5, 5.41) is 7.98. The number of nitrogens with one attached hydrogen (secondary N) is 1. The van der Waals surface area contributed by atoms with Crippen LogP contribution in [0.5, 0.6) is 5.88 Å². The Hall–Kier alpha value is -3.38. The Morgan fingerprint density at radius 3 is 2.69 bits per heavy atom. The first-order chi connectivity index (χ1) is 14.0. The van der Waals surface area contributed by atoms with Crippen LogP contribution in [0.4, 0.5) is 5.69 Å². The van der Waals surface area contributed by atoms with Crippen molar-refractivity contribution in [1.29, 1.82) is 0 Å². The molecule has 1 amide bonds. The number of imidazole rings is 1. The third-order valence-electron chi connectivity index (χ3n) is 4.59. The van der Waals surface area contributed by atoms with Crippen molar-refractivity contribution < 1.29 is 9.53 Å². The molecule has 2 heterocycles. The summed E-state index contributed by atoms with van der Waals surface area (Å²) in [4.78, 5) is 17.1. The number of ether oxygens (including phenoxy) is 1. The molecule has 0 fully saturated rings. The Labute approximate surface area is 173 Å². The first-order valence-corrected chi connectivity index (χ1v) is 9.45. The van der Waals surface area contributed by atoms with Crippen LogP contribution in [-0.4, -0.2) is 27.6 Å². The molecular formula is C22H19ClN4O2. The highest BCUT2D eigenvalue weighted by atomic mass is 35.5. The minimum absolute atomic E-state index is 0.0889. The number of hydrogen-bond acceptors (Lipinski definition) is 4. The summed E-state index contributed by atoms with van der Waals surface area (Å²) in [5.41, 5.74) is 5.00. The van der Waals surface area contributed by atoms with E-state index in [1.54, 1.807) is 29.8 Å². The number of hydrogen-bond donors (Lipinski definition) is 1. The highest BCUT2D eigenvalue weighted by Gasteiger charge is 2.11. The number of methoxy groups -OCH3 is 1. The third-order valence-corrected chi connectivity index (χ3v) is 4.84. The van der Waals surface area contributed by atoms with Gasteiger partial charge < -0.3 is 10.1 Å². The summed E-state index contributed by atoms with van der Waals surface area (Å²) >= 11 is 5.90. The van der Waals surface area contributed by atoms with E-state index in [0.29, 0.717) is 10.9 Å². The lowest BCUT2D eigenvalue weighted by molar-refractivity contribution is -0.115. The van der Waals surface area contributed by atoms with Gasteiger partial charge in [-0.15, -0.1) is 5.10 Å². The SMILES string of the molecule is COc1ccc2nc(-c3ccc(C)c(NC(=O)Cc4ccc(Cl)cc4)c3)cn2n1. The van der Waals surface area contributed by atoms with Gasteiger partial charge in [-0.1, -0.05) is 35.9 Å². The Kier molecular flexibility index (Phi) is 5.18. The van der Waals surface area contributed by atoms with Crippen LogP contribution in [0.3, 0.4) is 0 Å².